The van der Waals surface area contributed by atoms with E-state index in [0.717, 1.165) is 19.3 Å². The van der Waals surface area contributed by atoms with Gasteiger partial charge in [0, 0.05) is 11.8 Å². The number of aliphatic hydroxyl groups is 2. The second kappa shape index (κ2) is 5.83. The van der Waals surface area contributed by atoms with Gasteiger partial charge in [-0.3, -0.25) is 0 Å². The summed E-state index contributed by atoms with van der Waals surface area (Å²) in [5.74, 6) is 0.292. The Balaban J connectivity index is 2.85. The van der Waals surface area contributed by atoms with Crippen LogP contribution in [0.25, 0.3) is 0 Å². The summed E-state index contributed by atoms with van der Waals surface area (Å²) in [6, 6.07) is 0. The fraction of sp³-hybridized carbons (Fsp3) is 0.733. The second-order valence-electron chi connectivity index (χ2n) is 5.90. The van der Waals surface area contributed by atoms with E-state index in [1.165, 1.54) is 5.57 Å². The first-order chi connectivity index (χ1) is 7.80. The standard InChI is InChI=1S/C15H26O2/c1-11-5-8-13(15(3,4)17)9-7-12(2)14(16)10-6-11/h6-7,9,12-14,16-17H,5,8,10H2,1-4H3/b9-7-,11-6-/t12-,13-,14-/m1/s1. The lowest BCUT2D eigenvalue weighted by Crippen LogP contribution is -2.30. The third kappa shape index (κ3) is 4.64. The molecule has 0 aromatic carbocycles. The van der Waals surface area contributed by atoms with Crippen LogP contribution in [0.3, 0.4) is 0 Å². The van der Waals surface area contributed by atoms with Gasteiger partial charge in [0.05, 0.1) is 11.7 Å². The van der Waals surface area contributed by atoms with Crippen molar-refractivity contribution in [2.45, 2.75) is 58.7 Å². The normalized spacial score (nSPS) is 37.1. The van der Waals surface area contributed by atoms with Crippen molar-refractivity contribution in [2.75, 3.05) is 0 Å². The van der Waals surface area contributed by atoms with Gasteiger partial charge in [-0.2, -0.15) is 0 Å². The molecular formula is C15H26O2. The molecule has 98 valence electrons. The zero-order valence-electron chi connectivity index (χ0n) is 11.5. The van der Waals surface area contributed by atoms with Crippen molar-refractivity contribution < 1.29 is 10.2 Å². The van der Waals surface area contributed by atoms with E-state index in [2.05, 4.69) is 19.1 Å². The van der Waals surface area contributed by atoms with Crippen LogP contribution in [0.15, 0.2) is 23.8 Å². The van der Waals surface area contributed by atoms with E-state index in [0.29, 0.717) is 0 Å². The summed E-state index contributed by atoms with van der Waals surface area (Å²) >= 11 is 0. The first-order valence-corrected chi connectivity index (χ1v) is 6.55. The summed E-state index contributed by atoms with van der Waals surface area (Å²) in [5.41, 5.74) is 0.612. The average molecular weight is 238 g/mol. The Bertz CT molecular complexity index is 297. The summed E-state index contributed by atoms with van der Waals surface area (Å²) < 4.78 is 0. The van der Waals surface area contributed by atoms with Gasteiger partial charge in [-0.25, -0.2) is 0 Å². The lowest BCUT2D eigenvalue weighted by atomic mass is 9.83. The largest absolute Gasteiger partial charge is 0.392 e. The van der Waals surface area contributed by atoms with Gasteiger partial charge in [0.15, 0.2) is 0 Å². The van der Waals surface area contributed by atoms with E-state index in [4.69, 9.17) is 0 Å². The summed E-state index contributed by atoms with van der Waals surface area (Å²) in [7, 11) is 0. The van der Waals surface area contributed by atoms with Gasteiger partial charge in [-0.15, -0.1) is 0 Å². The lowest BCUT2D eigenvalue weighted by molar-refractivity contribution is 0.0331. The predicted molar refractivity (Wildman–Crippen MR) is 71.7 cm³/mol. The van der Waals surface area contributed by atoms with Crippen molar-refractivity contribution in [1.82, 2.24) is 0 Å². The van der Waals surface area contributed by atoms with Crippen molar-refractivity contribution in [3.05, 3.63) is 23.8 Å². The number of allylic oxidation sites excluding steroid dienone is 1. The molecule has 0 spiro atoms. The highest BCUT2D eigenvalue weighted by Crippen LogP contribution is 2.27. The Kier molecular flexibility index (Phi) is 4.96. The molecule has 17 heavy (non-hydrogen) atoms. The molecule has 0 aromatic heterocycles. The maximum Gasteiger partial charge on any atom is 0.0654 e. The van der Waals surface area contributed by atoms with Crippen LogP contribution in [0.4, 0.5) is 0 Å². The predicted octanol–water partition coefficient (Wildman–Crippen LogP) is 3.06. The fourth-order valence-electron chi connectivity index (χ4n) is 2.14. The van der Waals surface area contributed by atoms with Crippen molar-refractivity contribution in [3.8, 4) is 0 Å². The van der Waals surface area contributed by atoms with E-state index in [9.17, 15) is 10.2 Å². The number of hydrogen-bond donors (Lipinski definition) is 2. The smallest absolute Gasteiger partial charge is 0.0654 e. The van der Waals surface area contributed by atoms with Crippen LogP contribution >= 0.6 is 0 Å². The number of rotatable bonds is 1. The SMILES string of the molecule is C/C1=C/C[C@@H](O)[C@H](C)/C=C\[C@H](C(C)(C)O)CC1. The van der Waals surface area contributed by atoms with Gasteiger partial charge in [0.1, 0.15) is 0 Å². The quantitative estimate of drug-likeness (QED) is 0.689. The van der Waals surface area contributed by atoms with E-state index in [-0.39, 0.29) is 17.9 Å². The van der Waals surface area contributed by atoms with E-state index >= 15 is 0 Å². The van der Waals surface area contributed by atoms with Gasteiger partial charge in [0.25, 0.3) is 0 Å². The molecule has 0 bridgehead atoms. The first kappa shape index (κ1) is 14.5. The molecule has 3 atom stereocenters. The van der Waals surface area contributed by atoms with Crippen molar-refractivity contribution in [2.24, 2.45) is 11.8 Å². The summed E-state index contributed by atoms with van der Waals surface area (Å²) in [5, 5.41) is 20.1. The summed E-state index contributed by atoms with van der Waals surface area (Å²) in [4.78, 5) is 0. The van der Waals surface area contributed by atoms with E-state index in [1.807, 2.05) is 26.8 Å². The Morgan fingerprint density at radius 1 is 1.29 bits per heavy atom. The molecule has 0 fully saturated rings. The highest BCUT2D eigenvalue weighted by Gasteiger charge is 2.25. The zero-order chi connectivity index (χ0) is 13.1. The molecule has 0 amide bonds. The third-order valence-corrected chi connectivity index (χ3v) is 3.72. The molecule has 0 saturated heterocycles. The van der Waals surface area contributed by atoms with Gasteiger partial charge in [-0.1, -0.05) is 30.7 Å². The van der Waals surface area contributed by atoms with Crippen LogP contribution in [0.2, 0.25) is 0 Å². The fourth-order valence-corrected chi connectivity index (χ4v) is 2.14. The Labute approximate surface area is 105 Å². The highest BCUT2D eigenvalue weighted by molar-refractivity contribution is 5.06. The maximum atomic E-state index is 10.1. The molecule has 0 aliphatic heterocycles. The van der Waals surface area contributed by atoms with Crippen LogP contribution in [-0.2, 0) is 0 Å². The zero-order valence-corrected chi connectivity index (χ0v) is 11.5. The maximum absolute atomic E-state index is 10.1. The van der Waals surface area contributed by atoms with Crippen LogP contribution in [0.1, 0.15) is 47.0 Å². The molecule has 2 nitrogen and oxygen atoms in total. The minimum absolute atomic E-state index is 0.141. The molecule has 0 aromatic rings. The molecule has 2 N–H and O–H groups in total. The lowest BCUT2D eigenvalue weighted by Gasteiger charge is -2.28. The van der Waals surface area contributed by atoms with Crippen LogP contribution < -0.4 is 0 Å². The topological polar surface area (TPSA) is 40.5 Å². The van der Waals surface area contributed by atoms with Gasteiger partial charge in [0.2, 0.25) is 0 Å². The second-order valence-corrected chi connectivity index (χ2v) is 5.90. The molecule has 0 heterocycles. The Morgan fingerprint density at radius 2 is 1.94 bits per heavy atom. The van der Waals surface area contributed by atoms with E-state index < -0.39 is 5.60 Å². The molecule has 1 aliphatic rings. The Hall–Kier alpha value is -0.600. The molecule has 2 heteroatoms. The van der Waals surface area contributed by atoms with Crippen molar-refractivity contribution >= 4 is 0 Å². The molecular weight excluding hydrogens is 212 g/mol. The van der Waals surface area contributed by atoms with Gasteiger partial charge in [-0.05, 0) is 40.0 Å². The molecule has 1 aliphatic carbocycles. The van der Waals surface area contributed by atoms with Crippen LogP contribution in [-0.4, -0.2) is 21.9 Å². The Morgan fingerprint density at radius 3 is 2.53 bits per heavy atom. The van der Waals surface area contributed by atoms with Crippen molar-refractivity contribution in [1.29, 1.82) is 0 Å². The third-order valence-electron chi connectivity index (χ3n) is 3.72. The molecule has 0 unspecified atom stereocenters. The minimum Gasteiger partial charge on any atom is -0.392 e. The summed E-state index contributed by atoms with van der Waals surface area (Å²) in [6.45, 7) is 7.83. The van der Waals surface area contributed by atoms with E-state index in [1.54, 1.807) is 0 Å². The van der Waals surface area contributed by atoms with Crippen LogP contribution in [0.5, 0.6) is 0 Å². The van der Waals surface area contributed by atoms with Gasteiger partial charge >= 0.3 is 0 Å². The number of aliphatic hydroxyl groups excluding tert-OH is 1. The van der Waals surface area contributed by atoms with Crippen molar-refractivity contribution in [3.63, 3.8) is 0 Å². The average Bonchev–Trinajstić information content (AvgIpc) is 2.22. The number of hydrogen-bond acceptors (Lipinski definition) is 2. The molecule has 0 radical (unpaired) electrons. The summed E-state index contributed by atoms with van der Waals surface area (Å²) in [6.07, 6.45) is 8.60. The first-order valence-electron chi connectivity index (χ1n) is 6.55. The monoisotopic (exact) mass is 238 g/mol. The molecule has 0 saturated carbocycles. The highest BCUT2D eigenvalue weighted by atomic mass is 16.3. The minimum atomic E-state index is -0.694. The molecule has 1 rings (SSSR count). The van der Waals surface area contributed by atoms with Gasteiger partial charge < -0.3 is 10.2 Å². The van der Waals surface area contributed by atoms with Crippen LogP contribution in [0, 0.1) is 11.8 Å².